The number of hydrogen-bond acceptors (Lipinski definition) is 4. The van der Waals surface area contributed by atoms with Gasteiger partial charge in [-0.2, -0.15) is 0 Å². The summed E-state index contributed by atoms with van der Waals surface area (Å²) in [5.41, 5.74) is 1.41. The molecule has 0 radical (unpaired) electrons. The highest BCUT2D eigenvalue weighted by atomic mass is 16.5. The molecule has 0 N–H and O–H groups in total. The van der Waals surface area contributed by atoms with Gasteiger partial charge in [-0.1, -0.05) is 42.5 Å². The first-order chi connectivity index (χ1) is 13.1. The highest BCUT2D eigenvalue weighted by Gasteiger charge is 2.24. The Morgan fingerprint density at radius 1 is 0.926 bits per heavy atom. The van der Waals surface area contributed by atoms with Crippen LogP contribution in [0.2, 0.25) is 0 Å². The highest BCUT2D eigenvalue weighted by molar-refractivity contribution is 6.09. The van der Waals surface area contributed by atoms with Crippen LogP contribution < -0.4 is 0 Å². The van der Waals surface area contributed by atoms with Crippen LogP contribution in [0.3, 0.4) is 0 Å². The van der Waals surface area contributed by atoms with Crippen molar-refractivity contribution in [3.8, 4) is 0 Å². The average Bonchev–Trinajstić information content (AvgIpc) is 2.72. The molecule has 0 aromatic heterocycles. The zero-order valence-electron chi connectivity index (χ0n) is 15.4. The second-order valence-electron chi connectivity index (χ2n) is 6.78. The Labute approximate surface area is 158 Å². The number of carbonyl (C=O) groups excluding carboxylic acids is 3. The van der Waals surface area contributed by atoms with E-state index in [1.807, 2.05) is 13.0 Å². The minimum Gasteiger partial charge on any atom is -0.452 e. The summed E-state index contributed by atoms with van der Waals surface area (Å²) in [5.74, 6) is -0.831. The second kappa shape index (κ2) is 8.62. The molecule has 0 spiro atoms. The molecule has 2 aromatic carbocycles. The molecule has 1 amide bonds. The molecule has 140 valence electrons. The maximum atomic E-state index is 12.4. The van der Waals surface area contributed by atoms with Gasteiger partial charge in [0.25, 0.3) is 5.91 Å². The number of piperidine rings is 1. The lowest BCUT2D eigenvalue weighted by Crippen LogP contribution is -2.44. The number of nitrogens with zero attached hydrogens (tertiary/aromatic N) is 1. The Bertz CT molecular complexity index is 814. The second-order valence-corrected chi connectivity index (χ2v) is 6.78. The van der Waals surface area contributed by atoms with Gasteiger partial charge in [0.05, 0.1) is 5.56 Å². The van der Waals surface area contributed by atoms with E-state index in [0.29, 0.717) is 23.2 Å². The quantitative estimate of drug-likeness (QED) is 0.601. The molecule has 1 atom stereocenters. The van der Waals surface area contributed by atoms with E-state index < -0.39 is 5.97 Å². The van der Waals surface area contributed by atoms with Crippen LogP contribution in [0.1, 0.15) is 52.5 Å². The number of ketones is 1. The van der Waals surface area contributed by atoms with E-state index in [1.54, 1.807) is 53.4 Å². The summed E-state index contributed by atoms with van der Waals surface area (Å²) in [6, 6.07) is 15.4. The van der Waals surface area contributed by atoms with Crippen molar-refractivity contribution in [3.05, 3.63) is 71.3 Å². The Kier molecular flexibility index (Phi) is 6.01. The number of rotatable bonds is 5. The monoisotopic (exact) mass is 365 g/mol. The maximum Gasteiger partial charge on any atom is 0.338 e. The molecule has 2 aromatic rings. The van der Waals surface area contributed by atoms with Crippen molar-refractivity contribution in [2.75, 3.05) is 13.2 Å². The first-order valence-electron chi connectivity index (χ1n) is 9.22. The summed E-state index contributed by atoms with van der Waals surface area (Å²) in [5, 5.41) is 0. The number of likely N-dealkylation sites (tertiary alicyclic amines) is 1. The summed E-state index contributed by atoms with van der Waals surface area (Å²) < 4.78 is 5.16. The molecule has 1 aliphatic heterocycles. The number of esters is 1. The lowest BCUT2D eigenvalue weighted by Gasteiger charge is -2.33. The van der Waals surface area contributed by atoms with Gasteiger partial charge < -0.3 is 9.64 Å². The normalized spacial score (nSPS) is 16.6. The molecule has 0 saturated carbocycles. The van der Waals surface area contributed by atoms with Gasteiger partial charge in [-0.15, -0.1) is 0 Å². The number of ether oxygens (including phenoxy) is 1. The van der Waals surface area contributed by atoms with Crippen molar-refractivity contribution in [2.45, 2.75) is 32.2 Å². The number of carbonyl (C=O) groups is 3. The summed E-state index contributed by atoms with van der Waals surface area (Å²) in [7, 11) is 0. The molecule has 0 bridgehead atoms. The average molecular weight is 365 g/mol. The van der Waals surface area contributed by atoms with Crippen molar-refractivity contribution in [3.63, 3.8) is 0 Å². The fourth-order valence-corrected chi connectivity index (χ4v) is 3.28. The first-order valence-corrected chi connectivity index (χ1v) is 9.22. The summed E-state index contributed by atoms with van der Waals surface area (Å²) in [6.45, 7) is 2.48. The third kappa shape index (κ3) is 4.61. The predicted octanol–water partition coefficient (Wildman–Crippen LogP) is 3.48. The summed E-state index contributed by atoms with van der Waals surface area (Å²) in [4.78, 5) is 38.6. The lowest BCUT2D eigenvalue weighted by molar-refractivity contribution is -0.137. The van der Waals surface area contributed by atoms with Crippen LogP contribution in [0.25, 0.3) is 0 Å². The predicted molar refractivity (Wildman–Crippen MR) is 102 cm³/mol. The smallest absolute Gasteiger partial charge is 0.338 e. The molecule has 0 aliphatic carbocycles. The highest BCUT2D eigenvalue weighted by Crippen LogP contribution is 2.17. The van der Waals surface area contributed by atoms with Crippen LogP contribution in [0.15, 0.2) is 54.6 Å². The van der Waals surface area contributed by atoms with E-state index in [9.17, 15) is 14.4 Å². The van der Waals surface area contributed by atoms with Crippen molar-refractivity contribution in [1.29, 1.82) is 0 Å². The third-order valence-corrected chi connectivity index (χ3v) is 4.87. The van der Waals surface area contributed by atoms with E-state index >= 15 is 0 Å². The number of hydrogen-bond donors (Lipinski definition) is 0. The summed E-state index contributed by atoms with van der Waals surface area (Å²) in [6.07, 6.45) is 3.09. The van der Waals surface area contributed by atoms with Gasteiger partial charge in [-0.05, 0) is 38.3 Å². The van der Waals surface area contributed by atoms with Crippen LogP contribution in [0.4, 0.5) is 0 Å². The zero-order valence-corrected chi connectivity index (χ0v) is 15.4. The van der Waals surface area contributed by atoms with Crippen LogP contribution in [0, 0.1) is 0 Å². The number of amides is 1. The van der Waals surface area contributed by atoms with E-state index in [0.717, 1.165) is 19.3 Å². The standard InChI is InChI=1S/C22H23NO4/c1-16-7-5-6-14-23(16)20(24)15-27-22(26)19-12-10-18(11-13-19)21(25)17-8-3-2-4-9-17/h2-4,8-13,16H,5-7,14-15H2,1H3. The minimum absolute atomic E-state index is 0.107. The fourth-order valence-electron chi connectivity index (χ4n) is 3.28. The SMILES string of the molecule is CC1CCCCN1C(=O)COC(=O)c1ccc(C(=O)c2ccccc2)cc1. The van der Waals surface area contributed by atoms with Crippen molar-refractivity contribution in [1.82, 2.24) is 4.90 Å². The van der Waals surface area contributed by atoms with Crippen molar-refractivity contribution >= 4 is 17.7 Å². The van der Waals surface area contributed by atoms with E-state index in [-0.39, 0.29) is 24.3 Å². The third-order valence-electron chi connectivity index (χ3n) is 4.87. The van der Waals surface area contributed by atoms with Crippen molar-refractivity contribution in [2.24, 2.45) is 0 Å². The lowest BCUT2D eigenvalue weighted by atomic mass is 10.0. The maximum absolute atomic E-state index is 12.4. The molecule has 1 fully saturated rings. The Balaban J connectivity index is 1.57. The molecular weight excluding hydrogens is 342 g/mol. The largest absolute Gasteiger partial charge is 0.452 e. The van der Waals surface area contributed by atoms with Crippen LogP contribution >= 0.6 is 0 Å². The van der Waals surface area contributed by atoms with Gasteiger partial charge in [0.1, 0.15) is 0 Å². The Morgan fingerprint density at radius 2 is 1.56 bits per heavy atom. The van der Waals surface area contributed by atoms with E-state index in [4.69, 9.17) is 4.74 Å². The van der Waals surface area contributed by atoms with Gasteiger partial charge in [0.2, 0.25) is 0 Å². The van der Waals surface area contributed by atoms with Crippen LogP contribution in [-0.4, -0.2) is 41.8 Å². The van der Waals surface area contributed by atoms with Crippen molar-refractivity contribution < 1.29 is 19.1 Å². The molecule has 1 unspecified atom stereocenters. The van der Waals surface area contributed by atoms with Crippen LogP contribution in [0.5, 0.6) is 0 Å². The molecule has 5 nitrogen and oxygen atoms in total. The van der Waals surface area contributed by atoms with Gasteiger partial charge in [-0.25, -0.2) is 4.79 Å². The summed E-state index contributed by atoms with van der Waals surface area (Å²) >= 11 is 0. The van der Waals surface area contributed by atoms with E-state index in [2.05, 4.69) is 0 Å². The first kappa shape index (κ1) is 18.8. The van der Waals surface area contributed by atoms with Gasteiger partial charge >= 0.3 is 5.97 Å². The molecular formula is C22H23NO4. The molecule has 27 heavy (non-hydrogen) atoms. The molecule has 3 rings (SSSR count). The van der Waals surface area contributed by atoms with Gasteiger partial charge in [-0.3, -0.25) is 9.59 Å². The Morgan fingerprint density at radius 3 is 2.22 bits per heavy atom. The molecule has 1 saturated heterocycles. The molecule has 1 heterocycles. The fraction of sp³-hybridized carbons (Fsp3) is 0.318. The zero-order chi connectivity index (χ0) is 19.2. The Hall–Kier alpha value is -2.95. The molecule has 5 heteroatoms. The van der Waals surface area contributed by atoms with E-state index in [1.165, 1.54) is 0 Å². The number of benzene rings is 2. The van der Waals surface area contributed by atoms with Gasteiger partial charge in [0, 0.05) is 23.7 Å². The topological polar surface area (TPSA) is 63.7 Å². The molecule has 1 aliphatic rings. The van der Waals surface area contributed by atoms with Gasteiger partial charge in [0.15, 0.2) is 12.4 Å². The van der Waals surface area contributed by atoms with Crippen LogP contribution in [-0.2, 0) is 9.53 Å². The minimum atomic E-state index is -0.563.